The van der Waals surface area contributed by atoms with Crippen LogP contribution in [0.2, 0.25) is 0 Å². The maximum atomic E-state index is 11.3. The molecule has 0 aliphatic carbocycles. The van der Waals surface area contributed by atoms with Gasteiger partial charge < -0.3 is 10.5 Å². The van der Waals surface area contributed by atoms with Crippen molar-refractivity contribution in [1.29, 1.82) is 5.26 Å². The Morgan fingerprint density at radius 1 is 1.73 bits per heavy atom. The van der Waals surface area contributed by atoms with Gasteiger partial charge in [-0.3, -0.25) is 4.79 Å². The van der Waals surface area contributed by atoms with Crippen LogP contribution in [0.25, 0.3) is 0 Å². The molecule has 0 aromatic carbocycles. The van der Waals surface area contributed by atoms with Gasteiger partial charge in [0.2, 0.25) is 0 Å². The molecule has 1 aromatic heterocycles. The van der Waals surface area contributed by atoms with E-state index in [1.54, 1.807) is 13.0 Å². The number of hydrogen-bond donors (Lipinski definition) is 1. The summed E-state index contributed by atoms with van der Waals surface area (Å²) in [7, 11) is 0. The van der Waals surface area contributed by atoms with Crippen LogP contribution in [0.4, 0.5) is 5.82 Å². The molecule has 1 heterocycles. The minimum Gasteiger partial charge on any atom is -0.459 e. The first-order chi connectivity index (χ1) is 7.11. The SMILES string of the molecule is CCOC(=O)C(=O)n1ncc(C#N)c1N. The third-order valence-electron chi connectivity index (χ3n) is 1.57. The van der Waals surface area contributed by atoms with Crippen molar-refractivity contribution in [1.82, 2.24) is 9.78 Å². The summed E-state index contributed by atoms with van der Waals surface area (Å²) in [6, 6.07) is 1.73. The van der Waals surface area contributed by atoms with Crippen LogP contribution in [0.15, 0.2) is 6.20 Å². The molecule has 1 aromatic rings. The molecule has 0 aliphatic heterocycles. The van der Waals surface area contributed by atoms with Gasteiger partial charge in [0.05, 0.1) is 12.8 Å². The molecule has 0 atom stereocenters. The lowest BCUT2D eigenvalue weighted by Gasteiger charge is -2.01. The molecule has 0 amide bonds. The molecule has 15 heavy (non-hydrogen) atoms. The lowest BCUT2D eigenvalue weighted by molar-refractivity contribution is -0.138. The zero-order chi connectivity index (χ0) is 11.4. The smallest absolute Gasteiger partial charge is 0.399 e. The quantitative estimate of drug-likeness (QED) is 0.493. The van der Waals surface area contributed by atoms with Crippen molar-refractivity contribution in [3.63, 3.8) is 0 Å². The molecule has 0 saturated carbocycles. The van der Waals surface area contributed by atoms with Gasteiger partial charge in [-0.2, -0.15) is 15.0 Å². The number of esters is 1. The van der Waals surface area contributed by atoms with Crippen molar-refractivity contribution in [2.75, 3.05) is 12.3 Å². The van der Waals surface area contributed by atoms with Gasteiger partial charge in [-0.25, -0.2) is 4.79 Å². The standard InChI is InChI=1S/C8H8N4O3/c1-2-15-8(14)7(13)12-6(10)5(3-9)4-11-12/h4H,2,10H2,1H3. The van der Waals surface area contributed by atoms with Gasteiger partial charge in [-0.05, 0) is 6.92 Å². The lowest BCUT2D eigenvalue weighted by Crippen LogP contribution is -2.26. The van der Waals surface area contributed by atoms with Gasteiger partial charge in [0.1, 0.15) is 17.5 Å². The third kappa shape index (κ3) is 1.94. The highest BCUT2D eigenvalue weighted by molar-refractivity contribution is 6.33. The second-order valence-electron chi connectivity index (χ2n) is 2.49. The summed E-state index contributed by atoms with van der Waals surface area (Å²) < 4.78 is 5.10. The number of aromatic nitrogens is 2. The van der Waals surface area contributed by atoms with Crippen molar-refractivity contribution in [3.05, 3.63) is 11.8 Å². The van der Waals surface area contributed by atoms with Crippen LogP contribution >= 0.6 is 0 Å². The minimum absolute atomic E-state index is 0.0349. The van der Waals surface area contributed by atoms with E-state index in [0.29, 0.717) is 4.68 Å². The number of anilines is 1. The number of nitriles is 1. The van der Waals surface area contributed by atoms with E-state index in [0.717, 1.165) is 6.20 Å². The maximum Gasteiger partial charge on any atom is 0.399 e. The number of rotatable bonds is 1. The minimum atomic E-state index is -1.06. The maximum absolute atomic E-state index is 11.3. The van der Waals surface area contributed by atoms with E-state index in [4.69, 9.17) is 11.0 Å². The second-order valence-corrected chi connectivity index (χ2v) is 2.49. The largest absolute Gasteiger partial charge is 0.459 e. The van der Waals surface area contributed by atoms with Crippen molar-refractivity contribution in [3.8, 4) is 6.07 Å². The highest BCUT2D eigenvalue weighted by Crippen LogP contribution is 2.08. The summed E-state index contributed by atoms with van der Waals surface area (Å²) in [5.74, 6) is -2.25. The van der Waals surface area contributed by atoms with Crippen LogP contribution in [-0.4, -0.2) is 28.3 Å². The van der Waals surface area contributed by atoms with Gasteiger partial charge in [0.15, 0.2) is 0 Å². The molecule has 0 spiro atoms. The monoisotopic (exact) mass is 208 g/mol. The molecule has 0 unspecified atom stereocenters. The molecule has 7 nitrogen and oxygen atoms in total. The van der Waals surface area contributed by atoms with Crippen LogP contribution in [0.5, 0.6) is 0 Å². The van der Waals surface area contributed by atoms with Gasteiger partial charge >= 0.3 is 11.9 Å². The molecule has 2 N–H and O–H groups in total. The van der Waals surface area contributed by atoms with Gasteiger partial charge in [-0.1, -0.05) is 0 Å². The average molecular weight is 208 g/mol. The van der Waals surface area contributed by atoms with Crippen molar-refractivity contribution in [2.24, 2.45) is 0 Å². The van der Waals surface area contributed by atoms with Crippen LogP contribution < -0.4 is 5.73 Å². The van der Waals surface area contributed by atoms with Crippen LogP contribution in [0.1, 0.15) is 17.3 Å². The molecular weight excluding hydrogens is 200 g/mol. The van der Waals surface area contributed by atoms with E-state index in [1.165, 1.54) is 0 Å². The Bertz CT molecular complexity index is 443. The number of nitrogens with zero attached hydrogens (tertiary/aromatic N) is 3. The van der Waals surface area contributed by atoms with E-state index in [1.807, 2.05) is 0 Å². The van der Waals surface area contributed by atoms with Crippen molar-refractivity contribution >= 4 is 17.7 Å². The number of carbonyl (C=O) groups excluding carboxylic acids is 2. The Balaban J connectivity index is 2.98. The van der Waals surface area contributed by atoms with Gasteiger partial charge in [-0.15, -0.1) is 0 Å². The zero-order valence-corrected chi connectivity index (χ0v) is 7.93. The number of carbonyl (C=O) groups is 2. The summed E-state index contributed by atoms with van der Waals surface area (Å²) >= 11 is 0. The molecule has 0 fully saturated rings. The molecule has 0 radical (unpaired) electrons. The lowest BCUT2D eigenvalue weighted by atomic mass is 10.4. The highest BCUT2D eigenvalue weighted by atomic mass is 16.5. The fourth-order valence-electron chi connectivity index (χ4n) is 0.885. The van der Waals surface area contributed by atoms with E-state index in [9.17, 15) is 9.59 Å². The first-order valence-electron chi connectivity index (χ1n) is 4.06. The Morgan fingerprint density at radius 2 is 2.40 bits per heavy atom. The Morgan fingerprint density at radius 3 is 2.87 bits per heavy atom. The topological polar surface area (TPSA) is 111 Å². The summed E-state index contributed by atoms with van der Waals surface area (Å²) in [5.41, 5.74) is 5.43. The third-order valence-corrected chi connectivity index (χ3v) is 1.57. The molecular formula is C8H8N4O3. The number of ether oxygens (including phenoxy) is 1. The normalized spacial score (nSPS) is 9.33. The van der Waals surface area contributed by atoms with Crippen LogP contribution in [-0.2, 0) is 9.53 Å². The average Bonchev–Trinajstić information content (AvgIpc) is 2.59. The molecule has 7 heteroatoms. The summed E-state index contributed by atoms with van der Waals surface area (Å²) in [6.45, 7) is 1.65. The number of nitrogens with two attached hydrogens (primary N) is 1. The number of hydrogen-bond acceptors (Lipinski definition) is 6. The fraction of sp³-hybridized carbons (Fsp3) is 0.250. The fourth-order valence-corrected chi connectivity index (χ4v) is 0.885. The highest BCUT2D eigenvalue weighted by Gasteiger charge is 2.21. The van der Waals surface area contributed by atoms with Gasteiger partial charge in [0.25, 0.3) is 0 Å². The molecule has 0 bridgehead atoms. The summed E-state index contributed by atoms with van der Waals surface area (Å²) in [6.07, 6.45) is 1.10. The van der Waals surface area contributed by atoms with E-state index in [-0.39, 0.29) is 18.0 Å². The number of nitrogen functional groups attached to an aromatic ring is 1. The molecule has 0 aliphatic rings. The first kappa shape index (κ1) is 10.7. The van der Waals surface area contributed by atoms with E-state index >= 15 is 0 Å². The zero-order valence-electron chi connectivity index (χ0n) is 7.93. The Hall–Kier alpha value is -2.36. The summed E-state index contributed by atoms with van der Waals surface area (Å²) in [5, 5.41) is 12.1. The second kappa shape index (κ2) is 4.23. The summed E-state index contributed by atoms with van der Waals surface area (Å²) in [4.78, 5) is 22.3. The van der Waals surface area contributed by atoms with E-state index < -0.39 is 11.9 Å². The first-order valence-corrected chi connectivity index (χ1v) is 4.06. The van der Waals surface area contributed by atoms with Crippen LogP contribution in [0.3, 0.4) is 0 Å². The van der Waals surface area contributed by atoms with Gasteiger partial charge in [0, 0.05) is 0 Å². The molecule has 78 valence electrons. The van der Waals surface area contributed by atoms with Crippen molar-refractivity contribution < 1.29 is 14.3 Å². The van der Waals surface area contributed by atoms with Crippen LogP contribution in [0, 0.1) is 11.3 Å². The predicted octanol–water partition coefficient (Wildman–Crippen LogP) is -0.460. The predicted molar refractivity (Wildman–Crippen MR) is 48.6 cm³/mol. The molecule has 0 saturated heterocycles. The Kier molecular flexibility index (Phi) is 3.03. The van der Waals surface area contributed by atoms with E-state index in [2.05, 4.69) is 9.84 Å². The Labute approximate surface area is 85.0 Å². The van der Waals surface area contributed by atoms with Crippen molar-refractivity contribution in [2.45, 2.75) is 6.92 Å². The molecule has 1 rings (SSSR count).